The first-order valence-electron chi connectivity index (χ1n) is 4.67. The summed E-state index contributed by atoms with van der Waals surface area (Å²) in [5, 5.41) is 4.04. The van der Waals surface area contributed by atoms with E-state index in [1.54, 1.807) is 5.32 Å². The van der Waals surface area contributed by atoms with Crippen LogP contribution in [0, 0.1) is 0 Å². The highest BCUT2D eigenvalue weighted by molar-refractivity contribution is 5.73. The fourth-order valence-corrected chi connectivity index (χ4v) is 1.25. The molecule has 1 atom stereocenters. The van der Waals surface area contributed by atoms with Gasteiger partial charge >= 0.3 is 12.2 Å². The normalized spacial score (nSPS) is 21.4. The van der Waals surface area contributed by atoms with E-state index in [4.69, 9.17) is 4.74 Å². The summed E-state index contributed by atoms with van der Waals surface area (Å²) in [5.41, 5.74) is 0. The SMILES string of the molecule is O=C(NCC1CCCO1)NCC(F)(F)F. The number of ether oxygens (including phenoxy) is 1. The molecule has 2 N–H and O–H groups in total. The third-order valence-electron chi connectivity index (χ3n) is 1.96. The number of hydrogen-bond acceptors (Lipinski definition) is 2. The van der Waals surface area contributed by atoms with Gasteiger partial charge in [0, 0.05) is 13.2 Å². The van der Waals surface area contributed by atoms with E-state index in [0.717, 1.165) is 12.8 Å². The third-order valence-corrected chi connectivity index (χ3v) is 1.96. The average molecular weight is 226 g/mol. The molecule has 1 aliphatic rings. The Labute approximate surface area is 85.2 Å². The van der Waals surface area contributed by atoms with Gasteiger partial charge in [-0.2, -0.15) is 13.2 Å². The van der Waals surface area contributed by atoms with E-state index in [1.807, 2.05) is 0 Å². The Morgan fingerprint density at radius 3 is 2.67 bits per heavy atom. The van der Waals surface area contributed by atoms with Crippen LogP contribution in [0.3, 0.4) is 0 Å². The van der Waals surface area contributed by atoms with Crippen LogP contribution < -0.4 is 10.6 Å². The van der Waals surface area contributed by atoms with E-state index >= 15 is 0 Å². The number of hydrogen-bond donors (Lipinski definition) is 2. The summed E-state index contributed by atoms with van der Waals surface area (Å²) in [6.45, 7) is -0.412. The molecule has 1 aliphatic heterocycles. The molecular weight excluding hydrogens is 213 g/mol. The molecule has 88 valence electrons. The van der Waals surface area contributed by atoms with Crippen LogP contribution in [0.2, 0.25) is 0 Å². The van der Waals surface area contributed by atoms with Crippen molar-refractivity contribution < 1.29 is 22.7 Å². The van der Waals surface area contributed by atoms with E-state index < -0.39 is 18.8 Å². The van der Waals surface area contributed by atoms with Crippen molar-refractivity contribution >= 4 is 6.03 Å². The van der Waals surface area contributed by atoms with Crippen molar-refractivity contribution in [3.8, 4) is 0 Å². The lowest BCUT2D eigenvalue weighted by Crippen LogP contribution is -2.43. The summed E-state index contributed by atoms with van der Waals surface area (Å²) in [5.74, 6) is 0. The minimum atomic E-state index is -4.37. The molecule has 0 bridgehead atoms. The zero-order valence-corrected chi connectivity index (χ0v) is 8.06. The highest BCUT2D eigenvalue weighted by Crippen LogP contribution is 2.12. The monoisotopic (exact) mass is 226 g/mol. The maximum atomic E-state index is 11.7. The number of carbonyl (C=O) groups excluding carboxylic acids is 1. The Morgan fingerprint density at radius 1 is 1.40 bits per heavy atom. The second-order valence-electron chi connectivity index (χ2n) is 3.31. The molecule has 1 fully saturated rings. The molecular formula is C8H13F3N2O2. The molecule has 0 aromatic heterocycles. The molecule has 7 heteroatoms. The molecule has 1 heterocycles. The second-order valence-corrected chi connectivity index (χ2v) is 3.31. The van der Waals surface area contributed by atoms with Crippen LogP contribution in [0.25, 0.3) is 0 Å². The molecule has 2 amide bonds. The van der Waals surface area contributed by atoms with Gasteiger partial charge in [0.2, 0.25) is 0 Å². The van der Waals surface area contributed by atoms with Gasteiger partial charge in [0.1, 0.15) is 6.54 Å². The Kier molecular flexibility index (Phi) is 4.19. The molecule has 0 aromatic carbocycles. The highest BCUT2D eigenvalue weighted by Gasteiger charge is 2.27. The second kappa shape index (κ2) is 5.20. The number of rotatable bonds is 3. The lowest BCUT2D eigenvalue weighted by Gasteiger charge is -2.12. The van der Waals surface area contributed by atoms with Crippen LogP contribution in [0.15, 0.2) is 0 Å². The van der Waals surface area contributed by atoms with Gasteiger partial charge in [-0.25, -0.2) is 4.79 Å². The van der Waals surface area contributed by atoms with Crippen LogP contribution in [-0.4, -0.2) is 38.0 Å². The molecule has 0 spiro atoms. The van der Waals surface area contributed by atoms with Crippen molar-refractivity contribution in [3.05, 3.63) is 0 Å². The van der Waals surface area contributed by atoms with Gasteiger partial charge in [-0.15, -0.1) is 0 Å². The van der Waals surface area contributed by atoms with E-state index in [-0.39, 0.29) is 12.6 Å². The summed E-state index contributed by atoms with van der Waals surface area (Å²) >= 11 is 0. The van der Waals surface area contributed by atoms with E-state index in [2.05, 4.69) is 5.32 Å². The Hall–Kier alpha value is -0.980. The number of carbonyl (C=O) groups is 1. The highest BCUT2D eigenvalue weighted by atomic mass is 19.4. The first-order valence-corrected chi connectivity index (χ1v) is 4.67. The third kappa shape index (κ3) is 5.46. The van der Waals surface area contributed by atoms with Crippen LogP contribution in [0.5, 0.6) is 0 Å². The topological polar surface area (TPSA) is 50.4 Å². The van der Waals surface area contributed by atoms with Gasteiger partial charge in [-0.1, -0.05) is 0 Å². The number of nitrogens with one attached hydrogen (secondary N) is 2. The number of urea groups is 1. The Morgan fingerprint density at radius 2 is 2.13 bits per heavy atom. The maximum Gasteiger partial charge on any atom is 0.405 e. The Balaban J connectivity index is 2.08. The predicted octanol–water partition coefficient (Wildman–Crippen LogP) is 1.03. The molecule has 0 aromatic rings. The number of alkyl halides is 3. The van der Waals surface area contributed by atoms with Crippen LogP contribution in [-0.2, 0) is 4.74 Å². The maximum absolute atomic E-state index is 11.7. The van der Waals surface area contributed by atoms with Crippen molar-refractivity contribution in [2.45, 2.75) is 25.1 Å². The molecule has 0 aliphatic carbocycles. The van der Waals surface area contributed by atoms with Crippen LogP contribution in [0.1, 0.15) is 12.8 Å². The minimum Gasteiger partial charge on any atom is -0.376 e. The lowest BCUT2D eigenvalue weighted by atomic mass is 10.2. The predicted molar refractivity (Wildman–Crippen MR) is 46.4 cm³/mol. The summed E-state index contributed by atoms with van der Waals surface area (Å²) < 4.78 is 40.3. The summed E-state index contributed by atoms with van der Waals surface area (Å²) in [7, 11) is 0. The van der Waals surface area contributed by atoms with E-state index in [0.29, 0.717) is 6.61 Å². The van der Waals surface area contributed by atoms with Gasteiger partial charge in [0.05, 0.1) is 6.10 Å². The van der Waals surface area contributed by atoms with E-state index in [1.165, 1.54) is 0 Å². The number of halogens is 3. The van der Waals surface area contributed by atoms with Gasteiger partial charge in [0.15, 0.2) is 0 Å². The van der Waals surface area contributed by atoms with E-state index in [9.17, 15) is 18.0 Å². The number of amides is 2. The van der Waals surface area contributed by atoms with Crippen LogP contribution >= 0.6 is 0 Å². The Bertz CT molecular complexity index is 214. The fraction of sp³-hybridized carbons (Fsp3) is 0.875. The first-order chi connectivity index (χ1) is 6.97. The van der Waals surface area contributed by atoms with Crippen molar-refractivity contribution in [2.24, 2.45) is 0 Å². The molecule has 1 unspecified atom stereocenters. The van der Waals surface area contributed by atoms with Gasteiger partial charge < -0.3 is 15.4 Å². The molecule has 0 radical (unpaired) electrons. The first kappa shape index (κ1) is 12.1. The van der Waals surface area contributed by atoms with Gasteiger partial charge in [0.25, 0.3) is 0 Å². The zero-order chi connectivity index (χ0) is 11.3. The minimum absolute atomic E-state index is 0.0679. The molecule has 15 heavy (non-hydrogen) atoms. The van der Waals surface area contributed by atoms with Crippen molar-refractivity contribution in [3.63, 3.8) is 0 Å². The van der Waals surface area contributed by atoms with Crippen LogP contribution in [0.4, 0.5) is 18.0 Å². The lowest BCUT2D eigenvalue weighted by molar-refractivity contribution is -0.122. The van der Waals surface area contributed by atoms with Crippen molar-refractivity contribution in [2.75, 3.05) is 19.7 Å². The van der Waals surface area contributed by atoms with Gasteiger partial charge in [-0.3, -0.25) is 0 Å². The van der Waals surface area contributed by atoms with Crippen molar-refractivity contribution in [1.82, 2.24) is 10.6 Å². The average Bonchev–Trinajstić information content (AvgIpc) is 2.62. The molecule has 0 saturated carbocycles. The van der Waals surface area contributed by atoms with Crippen molar-refractivity contribution in [1.29, 1.82) is 0 Å². The summed E-state index contributed by atoms with van der Waals surface area (Å²) in [4.78, 5) is 10.9. The largest absolute Gasteiger partial charge is 0.405 e. The summed E-state index contributed by atoms with van der Waals surface area (Å²) in [6, 6.07) is -0.817. The zero-order valence-electron chi connectivity index (χ0n) is 8.06. The fourth-order valence-electron chi connectivity index (χ4n) is 1.25. The molecule has 1 rings (SSSR count). The van der Waals surface area contributed by atoms with Gasteiger partial charge in [-0.05, 0) is 12.8 Å². The summed E-state index contributed by atoms with van der Waals surface area (Å²) in [6.07, 6.45) is -2.68. The molecule has 4 nitrogen and oxygen atoms in total. The molecule has 1 saturated heterocycles. The quantitative estimate of drug-likeness (QED) is 0.755. The smallest absolute Gasteiger partial charge is 0.376 e. The standard InChI is InChI=1S/C8H13F3N2O2/c9-8(10,11)5-13-7(14)12-4-6-2-1-3-15-6/h6H,1-5H2,(H2,12,13,14).